The molecule has 0 aliphatic heterocycles. The van der Waals surface area contributed by atoms with E-state index in [9.17, 15) is 17.6 Å². The van der Waals surface area contributed by atoms with Crippen molar-refractivity contribution < 1.29 is 22.8 Å². The average molecular weight is 336 g/mol. The number of anilines is 1. The first-order chi connectivity index (χ1) is 10.9. The van der Waals surface area contributed by atoms with Crippen LogP contribution in [-0.2, 0) is 14.8 Å². The predicted octanol–water partition coefficient (Wildman–Crippen LogP) is 2.15. The van der Waals surface area contributed by atoms with Crippen molar-refractivity contribution in [2.75, 3.05) is 4.72 Å². The van der Waals surface area contributed by atoms with Crippen molar-refractivity contribution >= 4 is 27.7 Å². The number of hydroxylamine groups is 1. The number of rotatable bonds is 5. The van der Waals surface area contributed by atoms with Gasteiger partial charge in [-0.15, -0.1) is 0 Å². The Hall–Kier alpha value is -2.71. The van der Waals surface area contributed by atoms with E-state index in [1.807, 2.05) is 0 Å². The van der Waals surface area contributed by atoms with E-state index in [1.165, 1.54) is 48.0 Å². The van der Waals surface area contributed by atoms with Crippen LogP contribution in [0, 0.1) is 5.82 Å². The lowest BCUT2D eigenvalue weighted by atomic mass is 10.2. The van der Waals surface area contributed by atoms with Crippen LogP contribution in [0.25, 0.3) is 6.08 Å². The van der Waals surface area contributed by atoms with E-state index in [0.717, 1.165) is 12.1 Å². The second kappa shape index (κ2) is 7.03. The molecule has 120 valence electrons. The molecule has 0 heterocycles. The first-order valence-electron chi connectivity index (χ1n) is 6.41. The third-order valence-electron chi connectivity index (χ3n) is 2.78. The van der Waals surface area contributed by atoms with Gasteiger partial charge in [0.2, 0.25) is 0 Å². The normalized spacial score (nSPS) is 11.4. The van der Waals surface area contributed by atoms with Crippen LogP contribution in [0.2, 0.25) is 0 Å². The molecule has 0 saturated carbocycles. The molecule has 0 bridgehead atoms. The minimum atomic E-state index is -3.90. The average Bonchev–Trinajstić information content (AvgIpc) is 2.52. The summed E-state index contributed by atoms with van der Waals surface area (Å²) in [5.74, 6) is -1.30. The van der Waals surface area contributed by atoms with Gasteiger partial charge in [0, 0.05) is 6.08 Å². The standard InChI is InChI=1S/C15H13FN2O4S/c16-12-4-2-5-13(10-12)18-23(21,22)14-6-1-3-11(9-14)7-8-15(19)17-20/h1-10,18,20H,(H,17,19)/b8-7+. The Balaban J connectivity index is 2.26. The van der Waals surface area contributed by atoms with Crippen LogP contribution < -0.4 is 10.2 Å². The van der Waals surface area contributed by atoms with Gasteiger partial charge in [-0.2, -0.15) is 0 Å². The largest absolute Gasteiger partial charge is 0.288 e. The number of carbonyl (C=O) groups is 1. The lowest BCUT2D eigenvalue weighted by molar-refractivity contribution is -0.124. The maximum atomic E-state index is 13.1. The molecule has 0 aliphatic rings. The van der Waals surface area contributed by atoms with Gasteiger partial charge in [0.1, 0.15) is 5.82 Å². The third-order valence-corrected chi connectivity index (χ3v) is 4.16. The highest BCUT2D eigenvalue weighted by atomic mass is 32.2. The number of halogens is 1. The maximum absolute atomic E-state index is 13.1. The topological polar surface area (TPSA) is 95.5 Å². The zero-order valence-corrected chi connectivity index (χ0v) is 12.5. The van der Waals surface area contributed by atoms with Gasteiger partial charge in [-0.05, 0) is 42.0 Å². The number of sulfonamides is 1. The Labute approximate surface area is 132 Å². The number of amides is 1. The van der Waals surface area contributed by atoms with Crippen molar-refractivity contribution in [3.63, 3.8) is 0 Å². The Kier molecular flexibility index (Phi) is 5.09. The van der Waals surface area contributed by atoms with Crippen molar-refractivity contribution in [2.45, 2.75) is 4.90 Å². The number of hydrogen-bond acceptors (Lipinski definition) is 4. The van der Waals surface area contributed by atoms with Crippen LogP contribution in [0.3, 0.4) is 0 Å². The fourth-order valence-electron chi connectivity index (χ4n) is 1.76. The van der Waals surface area contributed by atoms with Gasteiger partial charge >= 0.3 is 0 Å². The molecule has 0 atom stereocenters. The number of hydrogen-bond donors (Lipinski definition) is 3. The van der Waals surface area contributed by atoms with Gasteiger partial charge in [0.25, 0.3) is 15.9 Å². The second-order valence-corrected chi connectivity index (χ2v) is 6.18. The van der Waals surface area contributed by atoms with Crippen molar-refractivity contribution in [1.29, 1.82) is 0 Å². The molecule has 3 N–H and O–H groups in total. The van der Waals surface area contributed by atoms with E-state index in [2.05, 4.69) is 4.72 Å². The Morgan fingerprint density at radius 2 is 1.87 bits per heavy atom. The zero-order chi connectivity index (χ0) is 16.9. The molecule has 6 nitrogen and oxygen atoms in total. The molecular formula is C15H13FN2O4S. The number of nitrogens with one attached hydrogen (secondary N) is 2. The van der Waals surface area contributed by atoms with Crippen molar-refractivity contribution in [2.24, 2.45) is 0 Å². The molecule has 2 aromatic carbocycles. The summed E-state index contributed by atoms with van der Waals surface area (Å²) in [7, 11) is -3.90. The van der Waals surface area contributed by atoms with Crippen LogP contribution in [0.5, 0.6) is 0 Å². The summed E-state index contributed by atoms with van der Waals surface area (Å²) >= 11 is 0. The van der Waals surface area contributed by atoms with Crippen LogP contribution >= 0.6 is 0 Å². The Morgan fingerprint density at radius 3 is 2.57 bits per heavy atom. The van der Waals surface area contributed by atoms with E-state index in [0.29, 0.717) is 5.56 Å². The summed E-state index contributed by atoms with van der Waals surface area (Å²) in [6, 6.07) is 10.9. The SMILES string of the molecule is O=C(/C=C/c1cccc(S(=O)(=O)Nc2cccc(F)c2)c1)NO. The summed E-state index contributed by atoms with van der Waals surface area (Å²) in [5, 5.41) is 8.40. The molecule has 0 aliphatic carbocycles. The van der Waals surface area contributed by atoms with Gasteiger partial charge in [-0.1, -0.05) is 18.2 Å². The predicted molar refractivity (Wildman–Crippen MR) is 82.6 cm³/mol. The van der Waals surface area contributed by atoms with E-state index in [1.54, 1.807) is 6.07 Å². The molecule has 0 saturated heterocycles. The molecule has 8 heteroatoms. The monoisotopic (exact) mass is 336 g/mol. The van der Waals surface area contributed by atoms with E-state index >= 15 is 0 Å². The van der Waals surface area contributed by atoms with Gasteiger partial charge in [0.15, 0.2) is 0 Å². The summed E-state index contributed by atoms with van der Waals surface area (Å²) < 4.78 is 39.9. The molecule has 0 spiro atoms. The maximum Gasteiger partial charge on any atom is 0.267 e. The minimum absolute atomic E-state index is 0.0479. The van der Waals surface area contributed by atoms with E-state index < -0.39 is 21.7 Å². The van der Waals surface area contributed by atoms with Crippen LogP contribution in [0.4, 0.5) is 10.1 Å². The van der Waals surface area contributed by atoms with Crippen molar-refractivity contribution in [1.82, 2.24) is 5.48 Å². The summed E-state index contributed by atoms with van der Waals surface area (Å²) in [5.41, 5.74) is 1.97. The Bertz CT molecular complexity index is 850. The summed E-state index contributed by atoms with van der Waals surface area (Å²) in [4.78, 5) is 10.9. The molecule has 1 amide bonds. The summed E-state index contributed by atoms with van der Waals surface area (Å²) in [6.07, 6.45) is 2.39. The molecule has 0 fully saturated rings. The van der Waals surface area contributed by atoms with E-state index in [-0.39, 0.29) is 10.6 Å². The van der Waals surface area contributed by atoms with Crippen molar-refractivity contribution in [3.05, 3.63) is 66.0 Å². The summed E-state index contributed by atoms with van der Waals surface area (Å²) in [6.45, 7) is 0. The minimum Gasteiger partial charge on any atom is -0.288 e. The smallest absolute Gasteiger partial charge is 0.267 e. The second-order valence-electron chi connectivity index (χ2n) is 4.50. The quantitative estimate of drug-likeness (QED) is 0.443. The Morgan fingerprint density at radius 1 is 1.13 bits per heavy atom. The van der Waals surface area contributed by atoms with Crippen LogP contribution in [-0.4, -0.2) is 19.5 Å². The highest BCUT2D eigenvalue weighted by Crippen LogP contribution is 2.18. The fraction of sp³-hybridized carbons (Fsp3) is 0. The molecule has 2 aromatic rings. The fourth-order valence-corrected chi connectivity index (χ4v) is 2.86. The molecule has 23 heavy (non-hydrogen) atoms. The number of carbonyl (C=O) groups excluding carboxylic acids is 1. The molecular weight excluding hydrogens is 323 g/mol. The molecule has 0 radical (unpaired) electrons. The molecule has 0 aromatic heterocycles. The highest BCUT2D eigenvalue weighted by molar-refractivity contribution is 7.92. The van der Waals surface area contributed by atoms with Crippen LogP contribution in [0.1, 0.15) is 5.56 Å². The van der Waals surface area contributed by atoms with Crippen molar-refractivity contribution in [3.8, 4) is 0 Å². The van der Waals surface area contributed by atoms with E-state index in [4.69, 9.17) is 5.21 Å². The molecule has 2 rings (SSSR count). The third kappa shape index (κ3) is 4.63. The zero-order valence-electron chi connectivity index (χ0n) is 11.7. The molecule has 0 unspecified atom stereocenters. The first kappa shape index (κ1) is 16.7. The lowest BCUT2D eigenvalue weighted by Gasteiger charge is -2.08. The lowest BCUT2D eigenvalue weighted by Crippen LogP contribution is -2.15. The van der Waals surface area contributed by atoms with Gasteiger partial charge in [-0.25, -0.2) is 18.3 Å². The van der Waals surface area contributed by atoms with Gasteiger partial charge in [-0.3, -0.25) is 14.7 Å². The van der Waals surface area contributed by atoms with Gasteiger partial charge < -0.3 is 0 Å². The van der Waals surface area contributed by atoms with Gasteiger partial charge in [0.05, 0.1) is 10.6 Å². The first-order valence-corrected chi connectivity index (χ1v) is 7.89. The number of benzene rings is 2. The van der Waals surface area contributed by atoms with Crippen LogP contribution in [0.15, 0.2) is 59.5 Å². The highest BCUT2D eigenvalue weighted by Gasteiger charge is 2.14.